The Morgan fingerprint density at radius 2 is 1.54 bits per heavy atom. The number of ketones is 1. The van der Waals surface area contributed by atoms with Crippen molar-refractivity contribution < 1.29 is 14.7 Å². The van der Waals surface area contributed by atoms with Crippen molar-refractivity contribution in [2.45, 2.75) is 19.4 Å². The lowest BCUT2D eigenvalue weighted by atomic mass is 10.0. The summed E-state index contributed by atoms with van der Waals surface area (Å²) in [4.78, 5) is 33.7. The molecule has 0 atom stereocenters. The summed E-state index contributed by atoms with van der Waals surface area (Å²) in [5.74, 6) is -0.975. The van der Waals surface area contributed by atoms with Crippen LogP contribution in [0.3, 0.4) is 0 Å². The van der Waals surface area contributed by atoms with Crippen LogP contribution in [0.4, 0.5) is 5.69 Å². The highest BCUT2D eigenvalue weighted by atomic mass is 79.9. The Bertz CT molecular complexity index is 1480. The minimum atomic E-state index is -1.00. The van der Waals surface area contributed by atoms with Crippen LogP contribution in [-0.4, -0.2) is 26.8 Å². The molecular weight excluding hydrogens is 626 g/mol. The van der Waals surface area contributed by atoms with Gasteiger partial charge in [-0.15, -0.1) is 0 Å². The molecule has 0 radical (unpaired) electrons. The van der Waals surface area contributed by atoms with Gasteiger partial charge in [0.25, 0.3) is 0 Å². The van der Waals surface area contributed by atoms with Gasteiger partial charge in [-0.2, -0.15) is 5.26 Å². The highest BCUT2D eigenvalue weighted by Crippen LogP contribution is 2.14. The number of hydrogen-bond donors (Lipinski definition) is 2. The summed E-state index contributed by atoms with van der Waals surface area (Å²) in [6, 6.07) is 22.3. The molecule has 2 aromatic heterocycles. The summed E-state index contributed by atoms with van der Waals surface area (Å²) in [5, 5.41) is 17.3. The molecule has 0 fully saturated rings. The van der Waals surface area contributed by atoms with Gasteiger partial charge in [-0.1, -0.05) is 30.3 Å². The molecular formula is C29H23Br2N5O3. The minimum Gasteiger partial charge on any atom is -0.478 e. The van der Waals surface area contributed by atoms with Crippen molar-refractivity contribution in [3.8, 4) is 6.07 Å². The number of carbonyl (C=O) groups excluding carboxylic acids is 1. The van der Waals surface area contributed by atoms with Crippen LogP contribution in [0.15, 0.2) is 94.1 Å². The monoisotopic (exact) mass is 647 g/mol. The molecule has 2 heterocycles. The Labute approximate surface area is 243 Å². The lowest BCUT2D eigenvalue weighted by Gasteiger charge is -2.02. The molecule has 0 aliphatic rings. The smallest absolute Gasteiger partial charge is 0.334 e. The number of Topliss-reactive ketones (excluding diaryl/α,β-unsaturated/α-hetero) is 1. The van der Waals surface area contributed by atoms with E-state index in [9.17, 15) is 9.59 Å². The van der Waals surface area contributed by atoms with Gasteiger partial charge in [-0.3, -0.25) is 14.8 Å². The van der Waals surface area contributed by atoms with Crippen molar-refractivity contribution in [3.05, 3.63) is 134 Å². The molecule has 8 nitrogen and oxygen atoms in total. The van der Waals surface area contributed by atoms with E-state index in [0.717, 1.165) is 20.3 Å². The lowest BCUT2D eigenvalue weighted by molar-refractivity contribution is 0.0696. The van der Waals surface area contributed by atoms with E-state index in [1.165, 1.54) is 12.1 Å². The van der Waals surface area contributed by atoms with Gasteiger partial charge in [-0.25, -0.2) is 9.64 Å². The van der Waals surface area contributed by atoms with Crippen molar-refractivity contribution in [3.63, 3.8) is 0 Å². The van der Waals surface area contributed by atoms with Crippen molar-refractivity contribution in [2.75, 3.05) is 0 Å². The molecule has 4 aromatic rings. The summed E-state index contributed by atoms with van der Waals surface area (Å²) >= 11 is 6.59. The van der Waals surface area contributed by atoms with Crippen LogP contribution in [0, 0.1) is 17.9 Å². The maximum atomic E-state index is 12.0. The fourth-order valence-electron chi connectivity index (χ4n) is 2.94. The standard InChI is InChI=1S/C15H11BrN2O.C8H5NO2.C6H7BrN2/c16-13-4-5-14(18-10-13)6-7-15(19)12-3-1-2-11(8-12)9-17;1-9-7-4-2-3-6(5-7)8(10)11;7-5-1-2-6(3-8)9-4-5/h1-5,8,10H,6-7H2;2-5H,(H,10,11);1-2,4H,3,8H2. The zero-order valence-electron chi connectivity index (χ0n) is 20.6. The highest BCUT2D eigenvalue weighted by molar-refractivity contribution is 9.10. The fraction of sp³-hybridized carbons (Fsp3) is 0.103. The number of halogens is 2. The van der Waals surface area contributed by atoms with E-state index in [-0.39, 0.29) is 11.3 Å². The van der Waals surface area contributed by atoms with Crippen LogP contribution >= 0.6 is 31.9 Å². The maximum absolute atomic E-state index is 12.0. The molecule has 0 saturated carbocycles. The molecule has 3 N–H and O–H groups in total. The summed E-state index contributed by atoms with van der Waals surface area (Å²) in [7, 11) is 0. The topological polar surface area (TPSA) is 134 Å². The van der Waals surface area contributed by atoms with Gasteiger partial charge < -0.3 is 10.8 Å². The van der Waals surface area contributed by atoms with Gasteiger partial charge in [0.2, 0.25) is 0 Å². The third kappa shape index (κ3) is 11.4. The lowest BCUT2D eigenvalue weighted by Crippen LogP contribution is -2.02. The largest absolute Gasteiger partial charge is 0.478 e. The Hall–Kier alpha value is -4.22. The molecule has 0 saturated heterocycles. The SMILES string of the molecule is N#Cc1cccc(C(=O)CCc2ccc(Br)cn2)c1.NCc1ccc(Br)cn1.[C-]#[N+]c1cccc(C(=O)O)c1. The number of aromatic nitrogens is 2. The predicted octanol–water partition coefficient (Wildman–Crippen LogP) is 6.77. The third-order valence-electron chi connectivity index (χ3n) is 4.93. The van der Waals surface area contributed by atoms with Crippen LogP contribution in [-0.2, 0) is 13.0 Å². The summed E-state index contributed by atoms with van der Waals surface area (Å²) < 4.78 is 1.91. The van der Waals surface area contributed by atoms with E-state index in [1.807, 2.05) is 30.3 Å². The Kier molecular flexibility index (Phi) is 13.2. The first-order valence-corrected chi connectivity index (χ1v) is 13.0. The fourth-order valence-corrected chi connectivity index (χ4v) is 3.41. The van der Waals surface area contributed by atoms with Crippen LogP contribution < -0.4 is 5.73 Å². The third-order valence-corrected chi connectivity index (χ3v) is 5.87. The van der Waals surface area contributed by atoms with Crippen molar-refractivity contribution in [1.29, 1.82) is 5.26 Å². The number of benzene rings is 2. The average molecular weight is 649 g/mol. The number of rotatable bonds is 6. The molecule has 0 bridgehead atoms. The Morgan fingerprint density at radius 3 is 2.08 bits per heavy atom. The second-order valence-electron chi connectivity index (χ2n) is 7.72. The number of nitriles is 1. The number of aromatic carboxylic acids is 1. The molecule has 0 aliphatic heterocycles. The number of hydrogen-bond acceptors (Lipinski definition) is 6. The molecule has 196 valence electrons. The number of carboxylic acid groups (broad SMARTS) is 1. The van der Waals surface area contributed by atoms with E-state index < -0.39 is 5.97 Å². The van der Waals surface area contributed by atoms with Crippen LogP contribution in [0.1, 0.15) is 44.1 Å². The Balaban J connectivity index is 0.000000226. The highest BCUT2D eigenvalue weighted by Gasteiger charge is 2.07. The molecule has 0 amide bonds. The Morgan fingerprint density at radius 1 is 0.923 bits per heavy atom. The van der Waals surface area contributed by atoms with Gasteiger partial charge >= 0.3 is 5.97 Å². The van der Waals surface area contributed by atoms with Crippen LogP contribution in [0.25, 0.3) is 4.85 Å². The summed E-state index contributed by atoms with van der Waals surface area (Å²) in [6.07, 6.45) is 4.45. The number of nitrogens with zero attached hydrogens (tertiary/aromatic N) is 4. The predicted molar refractivity (Wildman–Crippen MR) is 155 cm³/mol. The minimum absolute atomic E-state index is 0.0295. The molecule has 2 aromatic carbocycles. The van der Waals surface area contributed by atoms with Crippen molar-refractivity contribution in [1.82, 2.24) is 9.97 Å². The quantitative estimate of drug-likeness (QED) is 0.174. The van der Waals surface area contributed by atoms with E-state index in [2.05, 4.69) is 46.7 Å². The second-order valence-corrected chi connectivity index (χ2v) is 9.55. The van der Waals surface area contributed by atoms with Gasteiger partial charge in [0.1, 0.15) is 0 Å². The number of carboxylic acids is 1. The van der Waals surface area contributed by atoms with Gasteiger partial charge in [0, 0.05) is 51.1 Å². The first-order chi connectivity index (χ1) is 18.7. The van der Waals surface area contributed by atoms with E-state index in [1.54, 1.807) is 48.8 Å². The zero-order valence-corrected chi connectivity index (χ0v) is 23.8. The molecule has 0 aliphatic carbocycles. The zero-order chi connectivity index (χ0) is 28.6. The van der Waals surface area contributed by atoms with E-state index >= 15 is 0 Å². The van der Waals surface area contributed by atoms with Crippen molar-refractivity contribution in [2.24, 2.45) is 5.73 Å². The normalized spacial score (nSPS) is 9.46. The number of pyridine rings is 2. The van der Waals surface area contributed by atoms with Gasteiger partial charge in [-0.05, 0) is 80.7 Å². The molecule has 10 heteroatoms. The number of carbonyl (C=O) groups is 2. The first-order valence-electron chi connectivity index (χ1n) is 11.4. The van der Waals surface area contributed by atoms with E-state index in [0.29, 0.717) is 36.2 Å². The van der Waals surface area contributed by atoms with Gasteiger partial charge in [0.05, 0.1) is 23.9 Å². The number of aryl methyl sites for hydroxylation is 1. The molecule has 4 rings (SSSR count). The van der Waals surface area contributed by atoms with E-state index in [4.69, 9.17) is 22.7 Å². The van der Waals surface area contributed by atoms with Crippen LogP contribution in [0.5, 0.6) is 0 Å². The van der Waals surface area contributed by atoms with Crippen molar-refractivity contribution >= 4 is 49.3 Å². The molecule has 39 heavy (non-hydrogen) atoms. The molecule has 0 spiro atoms. The maximum Gasteiger partial charge on any atom is 0.334 e. The summed E-state index contributed by atoms with van der Waals surface area (Å²) in [5.41, 5.74) is 8.71. The average Bonchev–Trinajstić information content (AvgIpc) is 2.98. The number of nitrogens with two attached hydrogens (primary N) is 1. The second kappa shape index (κ2) is 16.6. The molecule has 0 unspecified atom stereocenters. The van der Waals surface area contributed by atoms with Gasteiger partial charge in [0.15, 0.2) is 11.5 Å². The van der Waals surface area contributed by atoms with Crippen LogP contribution in [0.2, 0.25) is 0 Å². The summed E-state index contributed by atoms with van der Waals surface area (Å²) in [6.45, 7) is 7.12. The first kappa shape index (κ1) is 31.0.